The molecule has 1 heterocycles. The molecule has 2 aromatic rings. The smallest absolute Gasteiger partial charge is 0.139 e. The molecule has 0 aromatic heterocycles. The molecular formula is C16H14Cl2O2. The molecule has 0 saturated heterocycles. The third kappa shape index (κ3) is 2.87. The quantitative estimate of drug-likeness (QED) is 0.799. The first-order valence-electron chi connectivity index (χ1n) is 6.53. The number of fused-ring (bicyclic) bond motifs is 1. The van der Waals surface area contributed by atoms with Crippen LogP contribution in [0.3, 0.4) is 0 Å². The van der Waals surface area contributed by atoms with Crippen LogP contribution in [0.5, 0.6) is 11.5 Å². The molecule has 1 atom stereocenters. The van der Waals surface area contributed by atoms with Crippen molar-refractivity contribution in [1.29, 1.82) is 0 Å². The van der Waals surface area contributed by atoms with Crippen molar-refractivity contribution in [1.82, 2.24) is 0 Å². The predicted octanol–water partition coefficient (Wildman–Crippen LogP) is 4.94. The normalized spacial score (nSPS) is 17.2. The Bertz CT molecular complexity index is 613. The lowest BCUT2D eigenvalue weighted by molar-refractivity contribution is 0.217. The standard InChI is InChI=1S/C16H14Cl2O2/c17-12-5-6-14(18)16(9-12)20-10-11-7-8-19-15-4-2-1-3-13(11)15/h1-6,9,11H,7-8,10H2. The summed E-state index contributed by atoms with van der Waals surface area (Å²) in [6.45, 7) is 1.29. The van der Waals surface area contributed by atoms with Crippen molar-refractivity contribution in [3.8, 4) is 11.5 Å². The first-order valence-corrected chi connectivity index (χ1v) is 7.29. The summed E-state index contributed by atoms with van der Waals surface area (Å²) >= 11 is 12.1. The second-order valence-corrected chi connectivity index (χ2v) is 5.60. The highest BCUT2D eigenvalue weighted by Crippen LogP contribution is 2.35. The molecule has 2 nitrogen and oxygen atoms in total. The first kappa shape index (κ1) is 13.6. The molecule has 0 amide bonds. The average molecular weight is 309 g/mol. The highest BCUT2D eigenvalue weighted by atomic mass is 35.5. The lowest BCUT2D eigenvalue weighted by Gasteiger charge is -2.26. The lowest BCUT2D eigenvalue weighted by atomic mass is 9.94. The topological polar surface area (TPSA) is 18.5 Å². The Balaban J connectivity index is 1.75. The van der Waals surface area contributed by atoms with E-state index in [4.69, 9.17) is 32.7 Å². The van der Waals surface area contributed by atoms with E-state index in [1.54, 1.807) is 18.2 Å². The molecule has 0 radical (unpaired) electrons. The molecule has 0 aliphatic carbocycles. The van der Waals surface area contributed by atoms with Crippen LogP contribution in [0, 0.1) is 0 Å². The lowest BCUT2D eigenvalue weighted by Crippen LogP contribution is -2.19. The summed E-state index contributed by atoms with van der Waals surface area (Å²) in [4.78, 5) is 0. The van der Waals surface area contributed by atoms with Crippen molar-refractivity contribution in [2.75, 3.05) is 13.2 Å². The van der Waals surface area contributed by atoms with Gasteiger partial charge in [0.15, 0.2) is 0 Å². The van der Waals surface area contributed by atoms with Crippen molar-refractivity contribution in [2.45, 2.75) is 12.3 Å². The second kappa shape index (κ2) is 5.94. The summed E-state index contributed by atoms with van der Waals surface area (Å²) < 4.78 is 11.5. The molecule has 2 aromatic carbocycles. The summed E-state index contributed by atoms with van der Waals surface area (Å²) in [6, 6.07) is 13.3. The van der Waals surface area contributed by atoms with Crippen LogP contribution in [0.25, 0.3) is 0 Å². The number of ether oxygens (including phenoxy) is 2. The molecule has 0 fully saturated rings. The number of para-hydroxylation sites is 1. The molecule has 3 rings (SSSR count). The molecule has 4 heteroatoms. The van der Waals surface area contributed by atoms with E-state index in [-0.39, 0.29) is 0 Å². The van der Waals surface area contributed by atoms with Crippen LogP contribution in [0.1, 0.15) is 17.9 Å². The van der Waals surface area contributed by atoms with E-state index < -0.39 is 0 Å². The van der Waals surface area contributed by atoms with Gasteiger partial charge in [-0.3, -0.25) is 0 Å². The van der Waals surface area contributed by atoms with Crippen LogP contribution in [0.2, 0.25) is 10.0 Å². The Morgan fingerprint density at radius 3 is 2.90 bits per heavy atom. The fourth-order valence-corrected chi connectivity index (χ4v) is 2.70. The van der Waals surface area contributed by atoms with E-state index >= 15 is 0 Å². The van der Waals surface area contributed by atoms with E-state index in [1.165, 1.54) is 5.56 Å². The number of hydrogen-bond acceptors (Lipinski definition) is 2. The largest absolute Gasteiger partial charge is 0.493 e. The predicted molar refractivity (Wildman–Crippen MR) is 81.3 cm³/mol. The highest BCUT2D eigenvalue weighted by Gasteiger charge is 2.21. The maximum absolute atomic E-state index is 6.11. The highest BCUT2D eigenvalue weighted by molar-refractivity contribution is 6.34. The van der Waals surface area contributed by atoms with Gasteiger partial charge in [0.05, 0.1) is 18.2 Å². The summed E-state index contributed by atoms with van der Waals surface area (Å²) in [7, 11) is 0. The van der Waals surface area contributed by atoms with E-state index in [9.17, 15) is 0 Å². The van der Waals surface area contributed by atoms with Gasteiger partial charge in [0.25, 0.3) is 0 Å². The zero-order chi connectivity index (χ0) is 13.9. The minimum absolute atomic E-state index is 0.315. The zero-order valence-electron chi connectivity index (χ0n) is 10.8. The minimum Gasteiger partial charge on any atom is -0.493 e. The van der Waals surface area contributed by atoms with Gasteiger partial charge in [0.1, 0.15) is 11.5 Å². The Morgan fingerprint density at radius 1 is 1.15 bits per heavy atom. The Hall–Kier alpha value is -1.38. The van der Waals surface area contributed by atoms with Crippen LogP contribution in [-0.2, 0) is 0 Å². The molecule has 1 unspecified atom stereocenters. The number of rotatable bonds is 3. The van der Waals surface area contributed by atoms with Crippen LogP contribution in [-0.4, -0.2) is 13.2 Å². The van der Waals surface area contributed by atoms with Gasteiger partial charge in [-0.2, -0.15) is 0 Å². The van der Waals surface area contributed by atoms with Gasteiger partial charge in [0.2, 0.25) is 0 Å². The van der Waals surface area contributed by atoms with Crippen LogP contribution in [0.4, 0.5) is 0 Å². The Kier molecular flexibility index (Phi) is 4.04. The Morgan fingerprint density at radius 2 is 2.00 bits per heavy atom. The number of benzene rings is 2. The van der Waals surface area contributed by atoms with Gasteiger partial charge >= 0.3 is 0 Å². The molecule has 0 N–H and O–H groups in total. The average Bonchev–Trinajstić information content (AvgIpc) is 2.48. The molecule has 0 bridgehead atoms. The first-order chi connectivity index (χ1) is 9.74. The molecule has 20 heavy (non-hydrogen) atoms. The van der Waals surface area contributed by atoms with Crippen molar-refractivity contribution < 1.29 is 9.47 Å². The maximum atomic E-state index is 6.11. The minimum atomic E-state index is 0.315. The third-order valence-corrected chi connectivity index (χ3v) is 3.96. The monoisotopic (exact) mass is 308 g/mol. The second-order valence-electron chi connectivity index (χ2n) is 4.76. The van der Waals surface area contributed by atoms with E-state index in [0.29, 0.717) is 34.9 Å². The fourth-order valence-electron chi connectivity index (χ4n) is 2.37. The van der Waals surface area contributed by atoms with E-state index in [1.807, 2.05) is 18.2 Å². The third-order valence-electron chi connectivity index (χ3n) is 3.42. The van der Waals surface area contributed by atoms with Gasteiger partial charge < -0.3 is 9.47 Å². The SMILES string of the molecule is Clc1ccc(Cl)c(OCC2CCOc3ccccc32)c1. The van der Waals surface area contributed by atoms with Gasteiger partial charge in [-0.25, -0.2) is 0 Å². The maximum Gasteiger partial charge on any atom is 0.139 e. The van der Waals surface area contributed by atoms with Crippen LogP contribution < -0.4 is 9.47 Å². The van der Waals surface area contributed by atoms with Crippen molar-refractivity contribution in [2.24, 2.45) is 0 Å². The van der Waals surface area contributed by atoms with Crippen LogP contribution in [0.15, 0.2) is 42.5 Å². The van der Waals surface area contributed by atoms with E-state index in [0.717, 1.165) is 12.2 Å². The van der Waals surface area contributed by atoms with Gasteiger partial charge in [-0.05, 0) is 24.6 Å². The zero-order valence-corrected chi connectivity index (χ0v) is 12.3. The summed E-state index contributed by atoms with van der Waals surface area (Å²) in [5.74, 6) is 1.89. The molecule has 1 aliphatic rings. The van der Waals surface area contributed by atoms with Crippen molar-refractivity contribution in [3.63, 3.8) is 0 Å². The fraction of sp³-hybridized carbons (Fsp3) is 0.250. The Labute approximate surface area is 128 Å². The summed E-state index contributed by atoms with van der Waals surface area (Å²) in [5.41, 5.74) is 1.19. The number of halogens is 2. The van der Waals surface area contributed by atoms with Crippen molar-refractivity contribution in [3.05, 3.63) is 58.1 Å². The van der Waals surface area contributed by atoms with E-state index in [2.05, 4.69) is 6.07 Å². The van der Waals surface area contributed by atoms with Gasteiger partial charge in [-0.1, -0.05) is 41.4 Å². The summed E-state index contributed by atoms with van der Waals surface area (Å²) in [5, 5.41) is 1.20. The molecular weight excluding hydrogens is 295 g/mol. The molecule has 1 aliphatic heterocycles. The number of hydrogen-bond donors (Lipinski definition) is 0. The molecule has 0 saturated carbocycles. The molecule has 0 spiro atoms. The van der Waals surface area contributed by atoms with Gasteiger partial charge in [-0.15, -0.1) is 0 Å². The van der Waals surface area contributed by atoms with Crippen LogP contribution >= 0.6 is 23.2 Å². The summed E-state index contributed by atoms with van der Waals surface area (Å²) in [6.07, 6.45) is 0.940. The van der Waals surface area contributed by atoms with Crippen molar-refractivity contribution >= 4 is 23.2 Å². The van der Waals surface area contributed by atoms with Gasteiger partial charge in [0, 0.05) is 22.6 Å². The molecule has 104 valence electrons.